The molecule has 0 spiro atoms. The molecule has 0 unspecified atom stereocenters. The van der Waals surface area contributed by atoms with Crippen LogP contribution in [0.25, 0.3) is 0 Å². The van der Waals surface area contributed by atoms with Gasteiger partial charge in [-0.3, -0.25) is 9.80 Å². The molecule has 9 N–H and O–H groups in total. The molecule has 0 atom stereocenters. The zero-order chi connectivity index (χ0) is 42.5. The molecule has 0 heterocycles. The number of benzene rings is 6. The summed E-state index contributed by atoms with van der Waals surface area (Å²) in [5, 5.41) is 27.3. The van der Waals surface area contributed by atoms with Gasteiger partial charge in [0.1, 0.15) is 0 Å². The van der Waals surface area contributed by atoms with Crippen LogP contribution < -0.4 is 26.2 Å². The lowest BCUT2D eigenvalue weighted by Gasteiger charge is -2.25. The van der Waals surface area contributed by atoms with E-state index in [9.17, 15) is 0 Å². The summed E-state index contributed by atoms with van der Waals surface area (Å²) in [6.07, 6.45) is 0. The molecule has 10 heteroatoms. The maximum absolute atomic E-state index is 9.11. The molecule has 0 aliphatic heterocycles. The van der Waals surface area contributed by atoms with Crippen LogP contribution in [0.2, 0.25) is 0 Å². The van der Waals surface area contributed by atoms with Crippen LogP contribution in [-0.2, 0) is 39.3 Å². The third-order valence-electron chi connectivity index (χ3n) is 10.8. The van der Waals surface area contributed by atoms with Gasteiger partial charge in [-0.05, 0) is 85.3 Å². The van der Waals surface area contributed by atoms with Gasteiger partial charge < -0.3 is 9.80 Å². The molecule has 0 amide bonds. The first-order valence-corrected chi connectivity index (χ1v) is 21.2. The highest BCUT2D eigenvalue weighted by Crippen LogP contribution is 2.21. The van der Waals surface area contributed by atoms with Crippen molar-refractivity contribution >= 4 is 28.4 Å². The van der Waals surface area contributed by atoms with Gasteiger partial charge in [0.05, 0.1) is 0 Å². The van der Waals surface area contributed by atoms with E-state index in [0.29, 0.717) is 0 Å². The molecule has 0 bridgehead atoms. The van der Waals surface area contributed by atoms with Crippen molar-refractivity contribution in [1.29, 1.82) is 0 Å². The molecule has 0 fully saturated rings. The fraction of sp³-hybridized carbons (Fsp3) is 0.280. The predicted molar refractivity (Wildman–Crippen MR) is 242 cm³/mol. The molecule has 0 radical (unpaired) electrons. The Balaban J connectivity index is 0.000000230. The van der Waals surface area contributed by atoms with E-state index in [0.717, 1.165) is 116 Å². The molecular weight excluding hydrogens is 747 g/mol. The average Bonchev–Trinajstić information content (AvgIpc) is 3.29. The Kier molecular flexibility index (Phi) is 18.7. The van der Waals surface area contributed by atoms with Crippen molar-refractivity contribution in [2.45, 2.75) is 67.0 Å². The van der Waals surface area contributed by atoms with E-state index in [1.807, 2.05) is 72.8 Å². The second-order valence-electron chi connectivity index (χ2n) is 15.1. The van der Waals surface area contributed by atoms with Gasteiger partial charge in [-0.2, -0.15) is 16.4 Å². The summed E-state index contributed by atoms with van der Waals surface area (Å²) < 4.78 is 0. The van der Waals surface area contributed by atoms with Gasteiger partial charge in [-0.25, -0.2) is 15.6 Å². The minimum absolute atomic E-state index is 0.757. The fourth-order valence-electron chi connectivity index (χ4n) is 7.40. The predicted octanol–water partition coefficient (Wildman–Crippen LogP) is 7.22. The summed E-state index contributed by atoms with van der Waals surface area (Å²) in [6, 6.07) is 52.5. The zero-order valence-electron chi connectivity index (χ0n) is 35.9. The van der Waals surface area contributed by atoms with Crippen molar-refractivity contribution in [3.05, 3.63) is 185 Å². The molecule has 0 aliphatic carbocycles. The molecule has 0 saturated heterocycles. The fourth-order valence-corrected chi connectivity index (χ4v) is 7.40. The average molecular weight is 813 g/mol. The Labute approximate surface area is 357 Å². The monoisotopic (exact) mass is 813 g/mol. The van der Waals surface area contributed by atoms with Crippen molar-refractivity contribution in [2.75, 3.05) is 36.0 Å². The summed E-state index contributed by atoms with van der Waals surface area (Å²) in [5.74, 6) is 0. The minimum Gasteiger partial charge on any atom is -0.372 e. The lowest BCUT2D eigenvalue weighted by molar-refractivity contribution is -0.825. The SMILES string of the molecule is CCN(CC)c1ccc(CN(Cc2ccccc2)Cc2ccc(N(CC)CC)cc2)cc1.O[NH2+]c1ccc(CN(Cc2ccc([NH2+]O)cc2)Cc2ccc([NH2+]O)cc2)cc1. The minimum atomic E-state index is 0.757. The Hall–Kier alpha value is -5.40. The quantitative estimate of drug-likeness (QED) is 0.0335. The molecule has 6 aromatic rings. The van der Waals surface area contributed by atoms with E-state index in [1.54, 1.807) is 0 Å². The first kappa shape index (κ1) is 45.7. The molecule has 60 heavy (non-hydrogen) atoms. The summed E-state index contributed by atoms with van der Waals surface area (Å²) in [6.45, 7) is 18.1. The largest absolute Gasteiger partial charge is 0.372 e. The standard InChI is InChI=1S/C29H39N3.C21H24N4O3/c1-5-31(6-2)28-18-14-26(15-19-28)23-30(22-25-12-10-9-11-13-25)24-27-16-20-29(21-17-27)32(7-3)8-4;26-22-19-7-1-16(2-8-19)13-25(14-17-3-9-20(23-27)10-4-17)15-18-5-11-21(24-28)12-6-18/h9-21H,5-8,22-24H2,1-4H3;1-12,22-24,26-28H,13-15H2/p+3. The second-order valence-corrected chi connectivity index (χ2v) is 15.1. The van der Waals surface area contributed by atoms with E-state index in [4.69, 9.17) is 15.6 Å². The summed E-state index contributed by atoms with van der Waals surface area (Å²) in [7, 11) is 0. The van der Waals surface area contributed by atoms with E-state index in [2.05, 4.69) is 126 Å². The van der Waals surface area contributed by atoms with Crippen LogP contribution in [0.1, 0.15) is 61.1 Å². The molecule has 0 aliphatic rings. The number of hydrogen-bond acceptors (Lipinski definition) is 7. The molecule has 316 valence electrons. The Morgan fingerprint density at radius 3 is 0.783 bits per heavy atom. The van der Waals surface area contributed by atoms with Crippen LogP contribution in [0.15, 0.2) is 152 Å². The van der Waals surface area contributed by atoms with E-state index in [-0.39, 0.29) is 0 Å². The first-order chi connectivity index (χ1) is 29.4. The summed E-state index contributed by atoms with van der Waals surface area (Å²) in [5.41, 5.74) is 15.8. The third kappa shape index (κ3) is 14.4. The van der Waals surface area contributed by atoms with Crippen LogP contribution in [0.3, 0.4) is 0 Å². The molecule has 0 aromatic heterocycles. The number of hydrogen-bond donors (Lipinski definition) is 6. The van der Waals surface area contributed by atoms with E-state index >= 15 is 0 Å². The van der Waals surface area contributed by atoms with Crippen LogP contribution in [0.4, 0.5) is 28.4 Å². The molecule has 6 aromatic carbocycles. The number of quaternary nitrogens is 3. The Morgan fingerprint density at radius 1 is 0.317 bits per heavy atom. The van der Waals surface area contributed by atoms with Gasteiger partial charge in [-0.1, -0.05) is 91.0 Å². The van der Waals surface area contributed by atoms with Crippen molar-refractivity contribution in [2.24, 2.45) is 0 Å². The van der Waals surface area contributed by atoms with Gasteiger partial charge in [0.25, 0.3) is 0 Å². The highest BCUT2D eigenvalue weighted by atomic mass is 16.5. The highest BCUT2D eigenvalue weighted by Gasteiger charge is 2.12. The zero-order valence-corrected chi connectivity index (χ0v) is 35.9. The number of nitrogens with zero attached hydrogens (tertiary/aromatic N) is 4. The maximum Gasteiger partial charge on any atom is 0.161 e. The molecule has 6 rings (SSSR count). The van der Waals surface area contributed by atoms with Gasteiger partial charge in [0, 0.05) is 113 Å². The van der Waals surface area contributed by atoms with Crippen molar-refractivity contribution in [3.63, 3.8) is 0 Å². The molecular formula is C50H66N7O3+3. The molecule has 0 saturated carbocycles. The number of anilines is 2. The van der Waals surface area contributed by atoms with E-state index in [1.165, 1.54) is 28.1 Å². The topological polar surface area (TPSA) is 123 Å². The van der Waals surface area contributed by atoms with Crippen LogP contribution in [-0.4, -0.2) is 51.6 Å². The summed E-state index contributed by atoms with van der Waals surface area (Å²) >= 11 is 0. The lowest BCUT2D eigenvalue weighted by atomic mass is 10.1. The number of nitrogens with two attached hydrogens (primary N) is 3. The Morgan fingerprint density at radius 2 is 0.550 bits per heavy atom. The van der Waals surface area contributed by atoms with Gasteiger partial charge in [0.15, 0.2) is 17.1 Å². The smallest absolute Gasteiger partial charge is 0.161 e. The van der Waals surface area contributed by atoms with Gasteiger partial charge in [-0.15, -0.1) is 0 Å². The van der Waals surface area contributed by atoms with Gasteiger partial charge >= 0.3 is 0 Å². The van der Waals surface area contributed by atoms with Crippen LogP contribution >= 0.6 is 0 Å². The first-order valence-electron chi connectivity index (χ1n) is 21.2. The van der Waals surface area contributed by atoms with Crippen molar-refractivity contribution < 1.29 is 32.1 Å². The normalized spacial score (nSPS) is 11.1. The van der Waals surface area contributed by atoms with Crippen LogP contribution in [0.5, 0.6) is 0 Å². The highest BCUT2D eigenvalue weighted by molar-refractivity contribution is 5.48. The van der Waals surface area contributed by atoms with Gasteiger partial charge in [0.2, 0.25) is 0 Å². The maximum atomic E-state index is 9.11. The summed E-state index contributed by atoms with van der Waals surface area (Å²) in [4.78, 5) is 9.65. The third-order valence-corrected chi connectivity index (χ3v) is 10.8. The Bertz CT molecular complexity index is 1880. The van der Waals surface area contributed by atoms with Crippen LogP contribution in [0, 0.1) is 0 Å². The second kappa shape index (κ2) is 24.6. The lowest BCUT2D eigenvalue weighted by Crippen LogP contribution is -2.73. The van der Waals surface area contributed by atoms with Crippen molar-refractivity contribution in [1.82, 2.24) is 9.80 Å². The number of rotatable bonds is 21. The van der Waals surface area contributed by atoms with E-state index < -0.39 is 0 Å². The molecule has 10 nitrogen and oxygen atoms in total. The van der Waals surface area contributed by atoms with Crippen molar-refractivity contribution in [3.8, 4) is 0 Å².